The van der Waals surface area contributed by atoms with E-state index in [0.29, 0.717) is 17.1 Å². The van der Waals surface area contributed by atoms with Crippen LogP contribution in [0.4, 0.5) is 0 Å². The van der Waals surface area contributed by atoms with Crippen molar-refractivity contribution in [2.24, 2.45) is 5.92 Å². The van der Waals surface area contributed by atoms with Gasteiger partial charge in [0.1, 0.15) is 0 Å². The molecule has 2 amide bonds. The molecule has 21 heavy (non-hydrogen) atoms. The fraction of sp³-hybridized carbons (Fsp3) is 0.467. The Labute approximate surface area is 129 Å². The highest BCUT2D eigenvalue weighted by atomic mass is 35.5. The van der Waals surface area contributed by atoms with Gasteiger partial charge in [0.25, 0.3) is 11.8 Å². The van der Waals surface area contributed by atoms with E-state index in [1.165, 1.54) is 0 Å². The average Bonchev–Trinajstić information content (AvgIpc) is 2.48. The first-order chi connectivity index (χ1) is 10.0. The number of carbonyl (C=O) groups excluding carboxylic acids is 2. The van der Waals surface area contributed by atoms with Crippen molar-refractivity contribution in [1.29, 1.82) is 0 Å². The van der Waals surface area contributed by atoms with Crippen LogP contribution in [0.1, 0.15) is 30.1 Å². The van der Waals surface area contributed by atoms with Crippen LogP contribution in [0.3, 0.4) is 0 Å². The first kappa shape index (κ1) is 15.8. The Morgan fingerprint density at radius 3 is 2.43 bits per heavy atom. The zero-order valence-electron chi connectivity index (χ0n) is 12.1. The van der Waals surface area contributed by atoms with Crippen LogP contribution >= 0.6 is 11.6 Å². The van der Waals surface area contributed by atoms with Gasteiger partial charge in [0.15, 0.2) is 0 Å². The number of piperidine rings is 1. The van der Waals surface area contributed by atoms with E-state index in [9.17, 15) is 9.59 Å². The molecular formula is C15H20ClN3O2. The van der Waals surface area contributed by atoms with Crippen LogP contribution in [0.15, 0.2) is 24.3 Å². The number of nitrogens with zero attached hydrogens (tertiary/aromatic N) is 1. The molecule has 1 aromatic rings. The van der Waals surface area contributed by atoms with E-state index in [1.54, 1.807) is 24.3 Å². The fourth-order valence-corrected chi connectivity index (χ4v) is 2.39. The zero-order chi connectivity index (χ0) is 15.2. The van der Waals surface area contributed by atoms with E-state index in [-0.39, 0.29) is 11.8 Å². The van der Waals surface area contributed by atoms with E-state index < -0.39 is 0 Å². The second kappa shape index (κ2) is 7.43. The normalized spacial score (nSPS) is 16.5. The number of nitrogens with one attached hydrogen (secondary N) is 2. The van der Waals surface area contributed by atoms with E-state index in [4.69, 9.17) is 11.6 Å². The summed E-state index contributed by atoms with van der Waals surface area (Å²) in [5, 5.41) is 0.565. The molecule has 1 fully saturated rings. The molecule has 0 spiro atoms. The molecule has 1 aliphatic rings. The van der Waals surface area contributed by atoms with Crippen molar-refractivity contribution < 1.29 is 9.59 Å². The number of hydrazine groups is 1. The lowest BCUT2D eigenvalue weighted by atomic mass is 9.99. The number of benzene rings is 1. The van der Waals surface area contributed by atoms with E-state index in [1.807, 2.05) is 0 Å². The summed E-state index contributed by atoms with van der Waals surface area (Å²) in [6.45, 7) is 4.40. The number of rotatable bonds is 3. The summed E-state index contributed by atoms with van der Waals surface area (Å²) in [4.78, 5) is 25.7. The van der Waals surface area contributed by atoms with Crippen molar-refractivity contribution >= 4 is 23.4 Å². The SMILES string of the molecule is CC1CCN(CC(=O)NNC(=O)c2ccc(Cl)cc2)CC1. The Hall–Kier alpha value is -1.59. The van der Waals surface area contributed by atoms with Gasteiger partial charge in [-0.2, -0.15) is 0 Å². The van der Waals surface area contributed by atoms with Crippen molar-refractivity contribution in [3.63, 3.8) is 0 Å². The molecule has 2 N–H and O–H groups in total. The largest absolute Gasteiger partial charge is 0.294 e. The first-order valence-electron chi connectivity index (χ1n) is 7.11. The van der Waals surface area contributed by atoms with E-state index in [0.717, 1.165) is 31.8 Å². The smallest absolute Gasteiger partial charge is 0.269 e. The number of amides is 2. The van der Waals surface area contributed by atoms with Crippen molar-refractivity contribution in [2.45, 2.75) is 19.8 Å². The Balaban J connectivity index is 1.73. The summed E-state index contributed by atoms with van der Waals surface area (Å²) in [6.07, 6.45) is 2.23. The predicted molar refractivity (Wildman–Crippen MR) is 81.9 cm³/mol. The topological polar surface area (TPSA) is 61.4 Å². The maximum Gasteiger partial charge on any atom is 0.269 e. The predicted octanol–water partition coefficient (Wildman–Crippen LogP) is 1.83. The molecule has 0 aromatic heterocycles. The van der Waals surface area contributed by atoms with Gasteiger partial charge in [0.05, 0.1) is 6.54 Å². The maximum absolute atomic E-state index is 11.8. The molecule has 2 rings (SSSR count). The van der Waals surface area contributed by atoms with Crippen molar-refractivity contribution in [3.05, 3.63) is 34.9 Å². The molecule has 6 heteroatoms. The monoisotopic (exact) mass is 309 g/mol. The lowest BCUT2D eigenvalue weighted by molar-refractivity contribution is -0.123. The van der Waals surface area contributed by atoms with Gasteiger partial charge in [-0.25, -0.2) is 0 Å². The van der Waals surface area contributed by atoms with Crippen LogP contribution in [0.2, 0.25) is 5.02 Å². The molecule has 1 aromatic carbocycles. The molecule has 0 aliphatic carbocycles. The second-order valence-electron chi connectivity index (χ2n) is 5.47. The minimum Gasteiger partial charge on any atom is -0.294 e. The number of hydrogen-bond acceptors (Lipinski definition) is 3. The highest BCUT2D eigenvalue weighted by Gasteiger charge is 2.18. The van der Waals surface area contributed by atoms with Gasteiger partial charge in [-0.15, -0.1) is 0 Å². The third-order valence-electron chi connectivity index (χ3n) is 3.67. The Morgan fingerprint density at radius 2 is 1.81 bits per heavy atom. The van der Waals surface area contributed by atoms with Crippen LogP contribution in [-0.4, -0.2) is 36.3 Å². The van der Waals surface area contributed by atoms with Crippen LogP contribution in [-0.2, 0) is 4.79 Å². The molecule has 0 saturated carbocycles. The van der Waals surface area contributed by atoms with Gasteiger partial charge in [0, 0.05) is 10.6 Å². The van der Waals surface area contributed by atoms with E-state index in [2.05, 4.69) is 22.7 Å². The summed E-state index contributed by atoms with van der Waals surface area (Å²) in [5.41, 5.74) is 5.30. The minimum absolute atomic E-state index is 0.202. The van der Waals surface area contributed by atoms with Crippen molar-refractivity contribution in [3.8, 4) is 0 Å². The minimum atomic E-state index is -0.354. The number of likely N-dealkylation sites (tertiary alicyclic amines) is 1. The third-order valence-corrected chi connectivity index (χ3v) is 3.92. The van der Waals surface area contributed by atoms with Crippen LogP contribution in [0, 0.1) is 5.92 Å². The molecule has 0 bridgehead atoms. The van der Waals surface area contributed by atoms with Gasteiger partial charge >= 0.3 is 0 Å². The summed E-state index contributed by atoms with van der Waals surface area (Å²) < 4.78 is 0. The molecule has 0 unspecified atom stereocenters. The summed E-state index contributed by atoms with van der Waals surface area (Å²) in [7, 11) is 0. The third kappa shape index (κ3) is 5.02. The van der Waals surface area contributed by atoms with Crippen LogP contribution < -0.4 is 10.9 Å². The van der Waals surface area contributed by atoms with Crippen molar-refractivity contribution in [2.75, 3.05) is 19.6 Å². The molecule has 1 aliphatic heterocycles. The molecule has 5 nitrogen and oxygen atoms in total. The Kier molecular flexibility index (Phi) is 5.59. The molecule has 114 valence electrons. The lowest BCUT2D eigenvalue weighted by Crippen LogP contribution is -2.47. The molecule has 1 heterocycles. The molecule has 0 atom stereocenters. The molecule has 1 saturated heterocycles. The van der Waals surface area contributed by atoms with Crippen molar-refractivity contribution in [1.82, 2.24) is 15.8 Å². The van der Waals surface area contributed by atoms with Gasteiger partial charge in [-0.1, -0.05) is 18.5 Å². The standard InChI is InChI=1S/C15H20ClN3O2/c1-11-6-8-19(9-7-11)10-14(20)17-18-15(21)12-2-4-13(16)5-3-12/h2-5,11H,6-10H2,1H3,(H,17,20)(H,18,21). The maximum atomic E-state index is 11.8. The quantitative estimate of drug-likeness (QED) is 0.838. The Morgan fingerprint density at radius 1 is 1.19 bits per heavy atom. The second-order valence-corrected chi connectivity index (χ2v) is 5.90. The lowest BCUT2D eigenvalue weighted by Gasteiger charge is -2.29. The van der Waals surface area contributed by atoms with E-state index >= 15 is 0 Å². The van der Waals surface area contributed by atoms with Gasteiger partial charge in [0.2, 0.25) is 0 Å². The number of carbonyl (C=O) groups is 2. The van der Waals surface area contributed by atoms with Gasteiger partial charge < -0.3 is 0 Å². The number of hydrogen-bond donors (Lipinski definition) is 2. The van der Waals surface area contributed by atoms with Gasteiger partial charge in [-0.3, -0.25) is 25.3 Å². The average molecular weight is 310 g/mol. The first-order valence-corrected chi connectivity index (χ1v) is 7.49. The highest BCUT2D eigenvalue weighted by molar-refractivity contribution is 6.30. The summed E-state index contributed by atoms with van der Waals surface area (Å²) >= 11 is 5.76. The zero-order valence-corrected chi connectivity index (χ0v) is 12.8. The summed E-state index contributed by atoms with van der Waals surface area (Å²) in [6, 6.07) is 6.48. The van der Waals surface area contributed by atoms with Crippen LogP contribution in [0.25, 0.3) is 0 Å². The van der Waals surface area contributed by atoms with Gasteiger partial charge in [-0.05, 0) is 56.1 Å². The highest BCUT2D eigenvalue weighted by Crippen LogP contribution is 2.15. The number of halogens is 1. The Bertz CT molecular complexity index is 496. The fourth-order valence-electron chi connectivity index (χ4n) is 2.26. The summed E-state index contributed by atoms with van der Waals surface area (Å²) in [5.74, 6) is 0.174. The molecular weight excluding hydrogens is 290 g/mol. The molecule has 0 radical (unpaired) electrons. The van der Waals surface area contributed by atoms with Crippen LogP contribution in [0.5, 0.6) is 0 Å².